The number of likely N-dealkylation sites (tertiary alicyclic amines) is 1. The van der Waals surface area contributed by atoms with Gasteiger partial charge in [-0.1, -0.05) is 32.0 Å². The van der Waals surface area contributed by atoms with Crippen LogP contribution in [0.2, 0.25) is 0 Å². The molecule has 1 aliphatic rings. The molecule has 2 rings (SSSR count). The van der Waals surface area contributed by atoms with Crippen LogP contribution in [0, 0.1) is 5.41 Å². The molecule has 8 nitrogen and oxygen atoms in total. The van der Waals surface area contributed by atoms with E-state index in [-0.39, 0.29) is 30.2 Å². The maximum atomic E-state index is 13.0. The van der Waals surface area contributed by atoms with Crippen LogP contribution in [0.5, 0.6) is 0 Å². The van der Waals surface area contributed by atoms with Crippen molar-refractivity contribution in [3.63, 3.8) is 0 Å². The second-order valence-corrected chi connectivity index (χ2v) is 8.68. The number of amides is 3. The van der Waals surface area contributed by atoms with E-state index in [4.69, 9.17) is 0 Å². The summed E-state index contributed by atoms with van der Waals surface area (Å²) in [5, 5.41) is 7.46. The maximum absolute atomic E-state index is 13.0. The van der Waals surface area contributed by atoms with Crippen LogP contribution in [-0.4, -0.2) is 61.9 Å². The van der Waals surface area contributed by atoms with E-state index in [1.807, 2.05) is 44.2 Å². The second-order valence-electron chi connectivity index (χ2n) is 8.68. The summed E-state index contributed by atoms with van der Waals surface area (Å²) in [5.41, 5.74) is 3.34. The van der Waals surface area contributed by atoms with Gasteiger partial charge in [0.25, 0.3) is 5.91 Å². The number of benzene rings is 1. The molecular formula is C22H35N5O3. The van der Waals surface area contributed by atoms with E-state index in [1.165, 1.54) is 0 Å². The van der Waals surface area contributed by atoms with Crippen LogP contribution in [0.25, 0.3) is 0 Å². The fourth-order valence-corrected chi connectivity index (χ4v) is 3.48. The lowest BCUT2D eigenvalue weighted by atomic mass is 9.88. The Morgan fingerprint density at radius 3 is 2.53 bits per heavy atom. The molecular weight excluding hydrogens is 382 g/mol. The smallest absolute Gasteiger partial charge is 0.261 e. The quantitative estimate of drug-likeness (QED) is 0.527. The molecule has 0 aliphatic carbocycles. The van der Waals surface area contributed by atoms with E-state index < -0.39 is 11.5 Å². The highest BCUT2D eigenvalue weighted by atomic mass is 16.2. The van der Waals surface area contributed by atoms with Crippen LogP contribution in [0.3, 0.4) is 0 Å². The topological polar surface area (TPSA) is 93.8 Å². The minimum atomic E-state index is -0.474. The van der Waals surface area contributed by atoms with Crippen molar-refractivity contribution in [2.75, 3.05) is 32.2 Å². The molecule has 0 saturated carbocycles. The minimum absolute atomic E-state index is 0.0593. The van der Waals surface area contributed by atoms with Gasteiger partial charge in [0, 0.05) is 26.6 Å². The average molecular weight is 418 g/mol. The van der Waals surface area contributed by atoms with Crippen molar-refractivity contribution < 1.29 is 14.4 Å². The fourth-order valence-electron chi connectivity index (χ4n) is 3.48. The molecule has 1 saturated heterocycles. The molecule has 1 aromatic carbocycles. The first-order valence-corrected chi connectivity index (χ1v) is 10.5. The molecule has 0 aromatic heterocycles. The zero-order valence-electron chi connectivity index (χ0n) is 18.7. The molecule has 8 heteroatoms. The first-order chi connectivity index (χ1) is 14.1. The third kappa shape index (κ3) is 6.45. The van der Waals surface area contributed by atoms with E-state index in [1.54, 1.807) is 30.9 Å². The Bertz CT molecular complexity index is 738. The molecule has 2 unspecified atom stereocenters. The molecule has 0 bridgehead atoms. The Labute approximate surface area is 179 Å². The zero-order chi connectivity index (χ0) is 22.3. The van der Waals surface area contributed by atoms with Crippen molar-refractivity contribution in [1.29, 1.82) is 0 Å². The molecule has 1 aromatic rings. The first kappa shape index (κ1) is 23.7. The number of rotatable bonds is 9. The molecule has 2 atom stereocenters. The summed E-state index contributed by atoms with van der Waals surface area (Å²) in [7, 11) is 3.51. The zero-order valence-corrected chi connectivity index (χ0v) is 18.7. The van der Waals surface area contributed by atoms with E-state index >= 15 is 0 Å². The Kier molecular flexibility index (Phi) is 8.23. The molecule has 1 fully saturated rings. The van der Waals surface area contributed by atoms with Crippen molar-refractivity contribution >= 4 is 23.4 Å². The van der Waals surface area contributed by atoms with Gasteiger partial charge < -0.3 is 15.5 Å². The highest BCUT2D eigenvalue weighted by Crippen LogP contribution is 2.25. The van der Waals surface area contributed by atoms with E-state index in [2.05, 4.69) is 16.1 Å². The van der Waals surface area contributed by atoms with Gasteiger partial charge in [-0.05, 0) is 44.4 Å². The highest BCUT2D eigenvalue weighted by molar-refractivity contribution is 5.89. The Morgan fingerprint density at radius 1 is 1.23 bits per heavy atom. The number of anilines is 1. The molecule has 0 radical (unpaired) electrons. The van der Waals surface area contributed by atoms with E-state index in [9.17, 15) is 14.4 Å². The predicted octanol–water partition coefficient (Wildman–Crippen LogP) is 1.29. The molecule has 1 heterocycles. The Morgan fingerprint density at radius 2 is 1.90 bits per heavy atom. The van der Waals surface area contributed by atoms with Crippen LogP contribution >= 0.6 is 0 Å². The third-order valence-corrected chi connectivity index (χ3v) is 5.49. The van der Waals surface area contributed by atoms with Gasteiger partial charge in [-0.2, -0.15) is 0 Å². The van der Waals surface area contributed by atoms with Gasteiger partial charge in [0.2, 0.25) is 11.8 Å². The number of likely N-dealkylation sites (N-methyl/N-ethyl adjacent to an activating group) is 1. The SMILES string of the molecule is CNC(C)C(=O)NCC(C)(C)CC(=O)N1CCCC1C(=O)NN(C)c1ccccc1. The summed E-state index contributed by atoms with van der Waals surface area (Å²) in [6, 6.07) is 8.78. The molecule has 1 aliphatic heterocycles. The van der Waals surface area contributed by atoms with Gasteiger partial charge in [0.1, 0.15) is 6.04 Å². The Balaban J connectivity index is 1.92. The summed E-state index contributed by atoms with van der Waals surface area (Å²) < 4.78 is 0. The van der Waals surface area contributed by atoms with Crippen LogP contribution in [0.1, 0.15) is 40.0 Å². The molecule has 0 spiro atoms. The third-order valence-electron chi connectivity index (χ3n) is 5.49. The number of hydrogen-bond donors (Lipinski definition) is 3. The normalized spacial score (nSPS) is 17.4. The van der Waals surface area contributed by atoms with Gasteiger partial charge in [0.15, 0.2) is 0 Å². The fraction of sp³-hybridized carbons (Fsp3) is 0.591. The van der Waals surface area contributed by atoms with Crippen molar-refractivity contribution in [1.82, 2.24) is 21.0 Å². The van der Waals surface area contributed by atoms with Crippen molar-refractivity contribution in [3.05, 3.63) is 30.3 Å². The maximum Gasteiger partial charge on any atom is 0.261 e. The Hall–Kier alpha value is -2.61. The standard InChI is InChI=1S/C22H35N5O3/c1-16(23-4)20(29)24-15-22(2,3)14-19(28)27-13-9-12-18(27)21(30)25-26(5)17-10-7-6-8-11-17/h6-8,10-11,16,18,23H,9,12-15H2,1-5H3,(H,24,29)(H,25,30). The van der Waals surface area contributed by atoms with Crippen LogP contribution in [0.15, 0.2) is 30.3 Å². The number of carbonyl (C=O) groups excluding carboxylic acids is 3. The van der Waals surface area contributed by atoms with Gasteiger partial charge in [-0.15, -0.1) is 0 Å². The van der Waals surface area contributed by atoms with Crippen LogP contribution in [0.4, 0.5) is 5.69 Å². The molecule has 3 amide bonds. The van der Waals surface area contributed by atoms with Gasteiger partial charge in [0.05, 0.1) is 11.7 Å². The predicted molar refractivity (Wildman–Crippen MR) is 118 cm³/mol. The average Bonchev–Trinajstić information content (AvgIpc) is 3.22. The number of nitrogens with zero attached hydrogens (tertiary/aromatic N) is 2. The number of para-hydroxylation sites is 1. The van der Waals surface area contributed by atoms with Crippen molar-refractivity contribution in [2.24, 2.45) is 5.41 Å². The van der Waals surface area contributed by atoms with Gasteiger partial charge >= 0.3 is 0 Å². The molecule has 30 heavy (non-hydrogen) atoms. The second kappa shape index (κ2) is 10.4. The van der Waals surface area contributed by atoms with Gasteiger partial charge in [-0.25, -0.2) is 0 Å². The van der Waals surface area contributed by atoms with Gasteiger partial charge in [-0.3, -0.25) is 24.8 Å². The lowest BCUT2D eigenvalue weighted by Gasteiger charge is -2.31. The summed E-state index contributed by atoms with van der Waals surface area (Å²) in [6.45, 7) is 6.65. The summed E-state index contributed by atoms with van der Waals surface area (Å²) in [5.74, 6) is -0.336. The highest BCUT2D eigenvalue weighted by Gasteiger charge is 2.36. The van der Waals surface area contributed by atoms with E-state index in [0.29, 0.717) is 19.5 Å². The monoisotopic (exact) mass is 417 g/mol. The first-order valence-electron chi connectivity index (χ1n) is 10.5. The van der Waals surface area contributed by atoms with Crippen LogP contribution in [-0.2, 0) is 14.4 Å². The minimum Gasteiger partial charge on any atom is -0.354 e. The lowest BCUT2D eigenvalue weighted by molar-refractivity contribution is -0.140. The summed E-state index contributed by atoms with van der Waals surface area (Å²) >= 11 is 0. The number of carbonyl (C=O) groups is 3. The number of hydrazine groups is 1. The largest absolute Gasteiger partial charge is 0.354 e. The summed E-state index contributed by atoms with van der Waals surface area (Å²) in [6.07, 6.45) is 1.71. The summed E-state index contributed by atoms with van der Waals surface area (Å²) in [4.78, 5) is 39.5. The number of hydrogen-bond acceptors (Lipinski definition) is 5. The van der Waals surface area contributed by atoms with E-state index in [0.717, 1.165) is 12.1 Å². The van der Waals surface area contributed by atoms with Crippen molar-refractivity contribution in [3.8, 4) is 0 Å². The van der Waals surface area contributed by atoms with Crippen LogP contribution < -0.4 is 21.1 Å². The van der Waals surface area contributed by atoms with Crippen molar-refractivity contribution in [2.45, 2.75) is 52.1 Å². The molecule has 166 valence electrons. The molecule has 3 N–H and O–H groups in total. The number of nitrogens with one attached hydrogen (secondary N) is 3. The lowest BCUT2D eigenvalue weighted by Crippen LogP contribution is -2.51.